The third-order valence-corrected chi connectivity index (χ3v) is 7.95. The van der Waals surface area contributed by atoms with Gasteiger partial charge >= 0.3 is 21.3 Å². The summed E-state index contributed by atoms with van der Waals surface area (Å²) in [4.78, 5) is 11.6. The smallest absolute Gasteiger partial charge is 0.456 e. The van der Waals surface area contributed by atoms with E-state index in [9.17, 15) is 22.0 Å². The number of hydrogen-bond donors (Lipinski definition) is 1. The zero-order valence-corrected chi connectivity index (χ0v) is 14.5. The molecule has 6 unspecified atom stereocenters. The van der Waals surface area contributed by atoms with E-state index in [0.29, 0.717) is 11.8 Å². The largest absolute Gasteiger partial charge is 0.465 e. The van der Waals surface area contributed by atoms with Gasteiger partial charge in [0.2, 0.25) is 0 Å². The summed E-state index contributed by atoms with van der Waals surface area (Å²) in [5.74, 6) is -0.856. The van der Waals surface area contributed by atoms with Crippen LogP contribution in [0.2, 0.25) is 0 Å². The Labute approximate surface area is 139 Å². The van der Waals surface area contributed by atoms with Crippen molar-refractivity contribution in [2.45, 2.75) is 57.3 Å². The fourth-order valence-corrected chi connectivity index (χ4v) is 7.05. The van der Waals surface area contributed by atoms with Crippen LogP contribution in [0.15, 0.2) is 0 Å². The third kappa shape index (κ3) is 1.81. The molecule has 5 nitrogen and oxygen atoms in total. The van der Waals surface area contributed by atoms with E-state index in [2.05, 4.69) is 13.8 Å². The summed E-state index contributed by atoms with van der Waals surface area (Å²) in [5, 5.41) is -4.90. The van der Waals surface area contributed by atoms with Crippen LogP contribution in [-0.2, 0) is 19.6 Å². The van der Waals surface area contributed by atoms with Gasteiger partial charge in [0.1, 0.15) is 6.10 Å². The Morgan fingerprint density at radius 3 is 2.58 bits per heavy atom. The van der Waals surface area contributed by atoms with Gasteiger partial charge in [-0.2, -0.15) is 17.2 Å². The normalized spacial score (nSPS) is 45.6. The first-order valence-electron chi connectivity index (χ1n) is 8.49. The molecular formula is C16H22F2O5S. The number of fused-ring (bicyclic) bond motifs is 1. The standard InChI is InChI=1S/C16H22F2O5S/c1-8(2)4-14-5-9-3-10-12(11(6-14)15(9,10)7-14)23-13(19)16(17,18)24(20,21)22/h8-12H,3-7H2,1-2H3,(H,20,21,22). The van der Waals surface area contributed by atoms with Gasteiger partial charge < -0.3 is 4.74 Å². The highest BCUT2D eigenvalue weighted by molar-refractivity contribution is 7.87. The second-order valence-electron chi connectivity index (χ2n) is 8.80. The molecule has 2 bridgehead atoms. The lowest BCUT2D eigenvalue weighted by Crippen LogP contribution is -2.70. The molecule has 4 aliphatic carbocycles. The molecule has 0 amide bonds. The average molecular weight is 364 g/mol. The summed E-state index contributed by atoms with van der Waals surface area (Å²) >= 11 is 0. The minimum atomic E-state index is -5.81. The number of carbonyl (C=O) groups excluding carboxylic acids is 1. The van der Waals surface area contributed by atoms with Crippen LogP contribution in [0.4, 0.5) is 8.78 Å². The molecule has 4 fully saturated rings. The molecule has 4 saturated carbocycles. The average Bonchev–Trinajstić information content (AvgIpc) is 2.86. The van der Waals surface area contributed by atoms with Crippen molar-refractivity contribution < 1.29 is 31.3 Å². The lowest BCUT2D eigenvalue weighted by Gasteiger charge is -2.69. The maximum absolute atomic E-state index is 13.4. The summed E-state index contributed by atoms with van der Waals surface area (Å²) in [7, 11) is -5.81. The molecule has 1 N–H and O–H groups in total. The first-order chi connectivity index (χ1) is 10.9. The molecular weight excluding hydrogens is 342 g/mol. The van der Waals surface area contributed by atoms with Gasteiger partial charge in [-0.1, -0.05) is 13.8 Å². The van der Waals surface area contributed by atoms with Crippen LogP contribution in [-0.4, -0.2) is 30.3 Å². The Morgan fingerprint density at radius 2 is 2.00 bits per heavy atom. The van der Waals surface area contributed by atoms with Crippen LogP contribution in [0.5, 0.6) is 0 Å². The second-order valence-corrected chi connectivity index (χ2v) is 10.3. The number of esters is 1. The number of alkyl halides is 2. The molecule has 0 saturated heterocycles. The SMILES string of the molecule is CC(C)CC12CC3CC4C(OC(=O)C(F)(F)S(=O)(=O)O)C(C1)C34C2. The monoisotopic (exact) mass is 364 g/mol. The predicted molar refractivity (Wildman–Crippen MR) is 79.6 cm³/mol. The van der Waals surface area contributed by atoms with Crippen molar-refractivity contribution in [1.29, 1.82) is 0 Å². The highest BCUT2D eigenvalue weighted by Crippen LogP contribution is 2.85. The zero-order valence-electron chi connectivity index (χ0n) is 13.7. The zero-order chi connectivity index (χ0) is 17.7. The van der Waals surface area contributed by atoms with Crippen LogP contribution in [0.3, 0.4) is 0 Å². The van der Waals surface area contributed by atoms with E-state index in [-0.39, 0.29) is 22.7 Å². The van der Waals surface area contributed by atoms with Gasteiger partial charge in [0, 0.05) is 11.8 Å². The van der Waals surface area contributed by atoms with Gasteiger partial charge in [0.05, 0.1) is 0 Å². The Hall–Kier alpha value is -0.760. The first kappa shape index (κ1) is 16.7. The number of carbonyl (C=O) groups is 1. The topological polar surface area (TPSA) is 80.7 Å². The Morgan fingerprint density at radius 1 is 1.33 bits per heavy atom. The minimum absolute atomic E-state index is 0.0647. The van der Waals surface area contributed by atoms with E-state index >= 15 is 0 Å². The van der Waals surface area contributed by atoms with E-state index in [1.54, 1.807) is 0 Å². The molecule has 0 radical (unpaired) electrons. The van der Waals surface area contributed by atoms with E-state index < -0.39 is 27.4 Å². The maximum atomic E-state index is 13.4. The fourth-order valence-electron chi connectivity index (χ4n) is 6.79. The highest BCUT2D eigenvalue weighted by Gasteiger charge is 2.82. The maximum Gasteiger partial charge on any atom is 0.465 e. The van der Waals surface area contributed by atoms with E-state index in [1.165, 1.54) is 6.42 Å². The third-order valence-electron chi connectivity index (χ3n) is 7.13. The fraction of sp³-hybridized carbons (Fsp3) is 0.938. The molecule has 1 spiro atoms. The lowest BCUT2D eigenvalue weighted by molar-refractivity contribution is -0.273. The molecule has 24 heavy (non-hydrogen) atoms. The molecule has 0 heterocycles. The highest BCUT2D eigenvalue weighted by atomic mass is 32.2. The number of ether oxygens (including phenoxy) is 1. The van der Waals surface area contributed by atoms with Crippen LogP contribution in [0.1, 0.15) is 46.0 Å². The Balaban J connectivity index is 1.51. The van der Waals surface area contributed by atoms with Crippen LogP contribution < -0.4 is 0 Å². The molecule has 0 aliphatic heterocycles. The van der Waals surface area contributed by atoms with Crippen LogP contribution in [0.25, 0.3) is 0 Å². The summed E-state index contributed by atoms with van der Waals surface area (Å²) in [6, 6.07) is 0. The summed E-state index contributed by atoms with van der Waals surface area (Å²) in [6.45, 7) is 4.35. The molecule has 6 atom stereocenters. The summed E-state index contributed by atoms with van der Waals surface area (Å²) < 4.78 is 61.8. The van der Waals surface area contributed by atoms with Crippen molar-refractivity contribution in [3.05, 3.63) is 0 Å². The van der Waals surface area contributed by atoms with Gasteiger partial charge in [0.15, 0.2) is 0 Å². The van der Waals surface area contributed by atoms with Crippen molar-refractivity contribution >= 4 is 16.1 Å². The van der Waals surface area contributed by atoms with Gasteiger partial charge in [0.25, 0.3) is 0 Å². The van der Waals surface area contributed by atoms with E-state index in [1.807, 2.05) is 0 Å². The van der Waals surface area contributed by atoms with Crippen molar-refractivity contribution in [2.24, 2.45) is 34.5 Å². The molecule has 0 aromatic heterocycles. The van der Waals surface area contributed by atoms with Gasteiger partial charge in [-0.3, -0.25) is 4.55 Å². The molecule has 136 valence electrons. The molecule has 4 rings (SSSR count). The Bertz CT molecular complexity index is 701. The molecule has 0 aromatic carbocycles. The van der Waals surface area contributed by atoms with Gasteiger partial charge in [-0.05, 0) is 54.8 Å². The second kappa shape index (κ2) is 4.50. The van der Waals surface area contributed by atoms with Crippen molar-refractivity contribution in [2.75, 3.05) is 0 Å². The van der Waals surface area contributed by atoms with E-state index in [0.717, 1.165) is 25.7 Å². The predicted octanol–water partition coefficient (Wildman–Crippen LogP) is 2.86. The van der Waals surface area contributed by atoms with E-state index in [4.69, 9.17) is 9.29 Å². The summed E-state index contributed by atoms with van der Waals surface area (Å²) in [6.07, 6.45) is 4.46. The quantitative estimate of drug-likeness (QED) is 0.599. The minimum Gasteiger partial charge on any atom is -0.456 e. The molecule has 8 heteroatoms. The summed E-state index contributed by atoms with van der Waals surface area (Å²) in [5.41, 5.74) is 0.359. The molecule has 4 aliphatic rings. The lowest BCUT2D eigenvalue weighted by atomic mass is 9.37. The van der Waals surface area contributed by atoms with Crippen LogP contribution in [0, 0.1) is 34.5 Å². The number of hydrogen-bond acceptors (Lipinski definition) is 4. The molecule has 0 aromatic rings. The number of rotatable bonds is 5. The first-order valence-corrected chi connectivity index (χ1v) is 9.93. The van der Waals surface area contributed by atoms with Gasteiger partial charge in [-0.15, -0.1) is 0 Å². The van der Waals surface area contributed by atoms with Crippen molar-refractivity contribution in [3.8, 4) is 0 Å². The Kier molecular flexibility index (Phi) is 3.13. The van der Waals surface area contributed by atoms with Crippen molar-refractivity contribution in [1.82, 2.24) is 0 Å². The van der Waals surface area contributed by atoms with Crippen LogP contribution >= 0.6 is 0 Å². The number of halogens is 2. The van der Waals surface area contributed by atoms with Crippen molar-refractivity contribution in [3.63, 3.8) is 0 Å². The van der Waals surface area contributed by atoms with Gasteiger partial charge in [-0.25, -0.2) is 4.79 Å².